The average molecular weight is 276 g/mol. The average Bonchev–Trinajstić information content (AvgIpc) is 3.08. The third-order valence-electron chi connectivity index (χ3n) is 7.17. The lowest BCUT2D eigenvalue weighted by Gasteiger charge is -2.51. The molecule has 2 aliphatic carbocycles. The van der Waals surface area contributed by atoms with E-state index in [1.54, 1.807) is 19.3 Å². The van der Waals surface area contributed by atoms with Crippen LogP contribution in [0, 0.1) is 17.8 Å². The molecule has 0 amide bonds. The number of piperidine rings is 1. The van der Waals surface area contributed by atoms with Crippen molar-refractivity contribution in [3.8, 4) is 0 Å². The van der Waals surface area contributed by atoms with Crippen LogP contribution < -0.4 is 0 Å². The Bertz CT molecular complexity index is 355. The van der Waals surface area contributed by atoms with E-state index in [9.17, 15) is 0 Å². The minimum Gasteiger partial charge on any atom is -0.298 e. The molecule has 4 aliphatic rings. The molecule has 6 unspecified atom stereocenters. The molecule has 4 fully saturated rings. The maximum atomic E-state index is 2.90. The van der Waals surface area contributed by atoms with E-state index in [0.717, 1.165) is 35.9 Å². The zero-order valence-corrected chi connectivity index (χ0v) is 13.4. The Balaban J connectivity index is 1.44. The summed E-state index contributed by atoms with van der Waals surface area (Å²) in [7, 11) is 0. The van der Waals surface area contributed by atoms with Crippen molar-refractivity contribution in [3.63, 3.8) is 0 Å². The van der Waals surface area contributed by atoms with Crippen LogP contribution in [0.25, 0.3) is 0 Å². The van der Waals surface area contributed by atoms with Gasteiger partial charge in [0.25, 0.3) is 0 Å². The van der Waals surface area contributed by atoms with E-state index in [-0.39, 0.29) is 0 Å². The first kappa shape index (κ1) is 13.6. The van der Waals surface area contributed by atoms with Gasteiger partial charge in [-0.25, -0.2) is 0 Å². The van der Waals surface area contributed by atoms with Gasteiger partial charge in [0.1, 0.15) is 0 Å². The Morgan fingerprint density at radius 3 is 2.65 bits per heavy atom. The van der Waals surface area contributed by atoms with Crippen LogP contribution in [0.4, 0.5) is 0 Å². The van der Waals surface area contributed by atoms with Gasteiger partial charge in [-0.05, 0) is 70.3 Å². The van der Waals surface area contributed by atoms with Gasteiger partial charge in [-0.3, -0.25) is 9.80 Å². The van der Waals surface area contributed by atoms with Crippen molar-refractivity contribution in [2.24, 2.45) is 17.8 Å². The first-order valence-electron chi connectivity index (χ1n) is 9.22. The van der Waals surface area contributed by atoms with Crippen LogP contribution in [0.5, 0.6) is 0 Å². The molecule has 2 heterocycles. The Morgan fingerprint density at radius 1 is 1.00 bits per heavy atom. The SMILES string of the molecule is CC1CN2CCCCC2CN1C(C)C1CC2CCC1C2. The van der Waals surface area contributed by atoms with Crippen molar-refractivity contribution in [1.29, 1.82) is 0 Å². The fourth-order valence-corrected chi connectivity index (χ4v) is 6.07. The standard InChI is InChI=1S/C18H32N2/c1-13-11-19-8-4-3-5-17(19)12-20(13)14(2)18-10-15-6-7-16(18)9-15/h13-18H,3-12H2,1-2H3. The summed E-state index contributed by atoms with van der Waals surface area (Å²) in [5.41, 5.74) is 0. The molecule has 4 rings (SSSR count). The second-order valence-electron chi connectivity index (χ2n) is 8.27. The summed E-state index contributed by atoms with van der Waals surface area (Å²) < 4.78 is 0. The van der Waals surface area contributed by atoms with Crippen LogP contribution in [-0.4, -0.2) is 47.6 Å². The predicted molar refractivity (Wildman–Crippen MR) is 83.8 cm³/mol. The quantitative estimate of drug-likeness (QED) is 0.763. The topological polar surface area (TPSA) is 6.48 Å². The summed E-state index contributed by atoms with van der Waals surface area (Å²) in [5.74, 6) is 3.19. The highest BCUT2D eigenvalue weighted by Gasteiger charge is 2.45. The predicted octanol–water partition coefficient (Wildman–Crippen LogP) is 3.37. The van der Waals surface area contributed by atoms with Gasteiger partial charge in [-0.1, -0.05) is 12.8 Å². The molecule has 2 nitrogen and oxygen atoms in total. The molecule has 0 aromatic heterocycles. The van der Waals surface area contributed by atoms with E-state index in [4.69, 9.17) is 0 Å². The molecule has 0 aromatic carbocycles. The molecule has 2 bridgehead atoms. The molecule has 2 saturated heterocycles. The minimum absolute atomic E-state index is 0.776. The van der Waals surface area contributed by atoms with E-state index in [1.807, 2.05) is 0 Å². The Hall–Kier alpha value is -0.0800. The molecule has 114 valence electrons. The maximum Gasteiger partial charge on any atom is 0.0224 e. The van der Waals surface area contributed by atoms with E-state index in [1.165, 1.54) is 45.3 Å². The molecule has 2 saturated carbocycles. The van der Waals surface area contributed by atoms with Crippen LogP contribution in [0.1, 0.15) is 58.8 Å². The highest BCUT2D eigenvalue weighted by atomic mass is 15.3. The smallest absolute Gasteiger partial charge is 0.0224 e. The number of nitrogens with zero attached hydrogens (tertiary/aromatic N) is 2. The molecule has 0 radical (unpaired) electrons. The monoisotopic (exact) mass is 276 g/mol. The van der Waals surface area contributed by atoms with Crippen molar-refractivity contribution in [2.75, 3.05) is 19.6 Å². The van der Waals surface area contributed by atoms with Crippen molar-refractivity contribution >= 4 is 0 Å². The van der Waals surface area contributed by atoms with Crippen LogP contribution >= 0.6 is 0 Å². The largest absolute Gasteiger partial charge is 0.298 e. The van der Waals surface area contributed by atoms with Gasteiger partial charge in [-0.2, -0.15) is 0 Å². The zero-order valence-electron chi connectivity index (χ0n) is 13.4. The van der Waals surface area contributed by atoms with E-state index < -0.39 is 0 Å². The Morgan fingerprint density at radius 2 is 1.90 bits per heavy atom. The van der Waals surface area contributed by atoms with Gasteiger partial charge in [-0.15, -0.1) is 0 Å². The van der Waals surface area contributed by atoms with Gasteiger partial charge in [0, 0.05) is 31.2 Å². The molecular weight excluding hydrogens is 244 g/mol. The van der Waals surface area contributed by atoms with Crippen LogP contribution in [0.15, 0.2) is 0 Å². The molecule has 2 aliphatic heterocycles. The maximum absolute atomic E-state index is 2.90. The molecule has 0 aromatic rings. The highest BCUT2D eigenvalue weighted by molar-refractivity contribution is 4.98. The Kier molecular flexibility index (Phi) is 3.58. The van der Waals surface area contributed by atoms with Gasteiger partial charge in [0.2, 0.25) is 0 Å². The molecular formula is C18H32N2. The molecule has 20 heavy (non-hydrogen) atoms. The van der Waals surface area contributed by atoms with Gasteiger partial charge < -0.3 is 0 Å². The lowest BCUT2D eigenvalue weighted by Crippen LogP contribution is -2.61. The second-order valence-corrected chi connectivity index (χ2v) is 8.27. The lowest BCUT2D eigenvalue weighted by atomic mass is 9.82. The summed E-state index contributed by atoms with van der Waals surface area (Å²) in [6.07, 6.45) is 10.5. The third-order valence-corrected chi connectivity index (χ3v) is 7.17. The van der Waals surface area contributed by atoms with Crippen LogP contribution in [0.3, 0.4) is 0 Å². The van der Waals surface area contributed by atoms with E-state index >= 15 is 0 Å². The Labute approximate surface area is 124 Å². The van der Waals surface area contributed by atoms with Crippen molar-refractivity contribution in [3.05, 3.63) is 0 Å². The number of hydrogen-bond acceptors (Lipinski definition) is 2. The second kappa shape index (κ2) is 5.28. The summed E-state index contributed by atoms with van der Waals surface area (Å²) >= 11 is 0. The lowest BCUT2D eigenvalue weighted by molar-refractivity contribution is -0.0236. The molecule has 0 spiro atoms. The normalized spacial score (nSPS) is 47.4. The van der Waals surface area contributed by atoms with Crippen LogP contribution in [0.2, 0.25) is 0 Å². The first-order chi connectivity index (χ1) is 9.72. The van der Waals surface area contributed by atoms with Crippen molar-refractivity contribution in [1.82, 2.24) is 9.80 Å². The minimum atomic E-state index is 0.776. The third kappa shape index (κ3) is 2.23. The zero-order chi connectivity index (χ0) is 13.7. The fourth-order valence-electron chi connectivity index (χ4n) is 6.07. The molecule has 6 atom stereocenters. The number of fused-ring (bicyclic) bond motifs is 3. The summed E-state index contributed by atoms with van der Waals surface area (Å²) in [5, 5.41) is 0. The number of hydrogen-bond donors (Lipinski definition) is 0. The van der Waals surface area contributed by atoms with Gasteiger partial charge in [0.05, 0.1) is 0 Å². The van der Waals surface area contributed by atoms with Gasteiger partial charge >= 0.3 is 0 Å². The number of piperazine rings is 1. The van der Waals surface area contributed by atoms with Crippen LogP contribution in [-0.2, 0) is 0 Å². The van der Waals surface area contributed by atoms with E-state index in [0.29, 0.717) is 0 Å². The molecule has 2 heteroatoms. The van der Waals surface area contributed by atoms with Crippen molar-refractivity contribution in [2.45, 2.75) is 76.9 Å². The number of rotatable bonds is 2. The summed E-state index contributed by atoms with van der Waals surface area (Å²) in [6, 6.07) is 2.49. The van der Waals surface area contributed by atoms with Gasteiger partial charge in [0.15, 0.2) is 0 Å². The summed E-state index contributed by atoms with van der Waals surface area (Å²) in [6.45, 7) is 9.09. The van der Waals surface area contributed by atoms with E-state index in [2.05, 4.69) is 23.6 Å². The summed E-state index contributed by atoms with van der Waals surface area (Å²) in [4.78, 5) is 5.69. The highest BCUT2D eigenvalue weighted by Crippen LogP contribution is 2.50. The van der Waals surface area contributed by atoms with Crippen molar-refractivity contribution < 1.29 is 0 Å². The fraction of sp³-hybridized carbons (Fsp3) is 1.00. The first-order valence-corrected chi connectivity index (χ1v) is 9.22. The molecule has 0 N–H and O–H groups in total.